The van der Waals surface area contributed by atoms with Gasteiger partial charge in [0.05, 0.1) is 23.5 Å². The number of thioether (sulfide) groups is 1. The molecule has 156 valence electrons. The third kappa shape index (κ3) is 4.38. The molecule has 2 aromatic carbocycles. The van der Waals surface area contributed by atoms with Gasteiger partial charge in [0.1, 0.15) is 5.75 Å². The minimum atomic E-state index is -0.504. The Kier molecular flexibility index (Phi) is 6.26. The van der Waals surface area contributed by atoms with Gasteiger partial charge in [0, 0.05) is 12.1 Å². The molecule has 3 rings (SSSR count). The van der Waals surface area contributed by atoms with Crippen LogP contribution >= 0.6 is 11.8 Å². The first-order chi connectivity index (χ1) is 14.2. The molecule has 1 heterocycles. The van der Waals surface area contributed by atoms with Crippen LogP contribution in [0.4, 0.5) is 10.5 Å². The number of nitro groups is 1. The van der Waals surface area contributed by atoms with E-state index in [1.807, 2.05) is 19.1 Å². The van der Waals surface area contributed by atoms with E-state index in [0.29, 0.717) is 10.5 Å². The third-order valence-corrected chi connectivity index (χ3v) is 5.77. The predicted octanol–water partition coefficient (Wildman–Crippen LogP) is 5.27. The number of carbonyl (C=O) groups is 2. The lowest BCUT2D eigenvalue weighted by molar-refractivity contribution is -0.384. The van der Waals surface area contributed by atoms with Crippen molar-refractivity contribution in [1.29, 1.82) is 0 Å². The highest BCUT2D eigenvalue weighted by atomic mass is 32.2. The van der Waals surface area contributed by atoms with Crippen LogP contribution in [0, 0.1) is 17.0 Å². The molecule has 7 nitrogen and oxygen atoms in total. The highest BCUT2D eigenvalue weighted by molar-refractivity contribution is 8.18. The Balaban J connectivity index is 1.89. The van der Waals surface area contributed by atoms with Crippen LogP contribution in [0.2, 0.25) is 0 Å². The van der Waals surface area contributed by atoms with Gasteiger partial charge in [-0.1, -0.05) is 26.0 Å². The third-order valence-electron chi connectivity index (χ3n) is 4.86. The maximum absolute atomic E-state index is 12.9. The number of nitrogens with zero attached hydrogens (tertiary/aromatic N) is 2. The largest absolute Gasteiger partial charge is 0.496 e. The zero-order chi connectivity index (χ0) is 22.0. The van der Waals surface area contributed by atoms with Crippen LogP contribution in [0.1, 0.15) is 42.0 Å². The second kappa shape index (κ2) is 8.71. The number of non-ortho nitro benzene ring substituents is 1. The van der Waals surface area contributed by atoms with Crippen LogP contribution in [0.15, 0.2) is 41.3 Å². The quantitative estimate of drug-likeness (QED) is 0.355. The molecule has 0 aromatic heterocycles. The fourth-order valence-corrected chi connectivity index (χ4v) is 4.06. The summed E-state index contributed by atoms with van der Waals surface area (Å²) < 4.78 is 5.46. The standard InChI is InChI=1S/C22H22N2O5S/c1-13(2)18-10-16(14(3)8-19(18)29-4)11-20-21(25)23(22(26)30-20)12-15-6-5-7-17(9-15)24(27)28/h5-11,13H,12H2,1-4H3/b20-11+. The molecule has 1 saturated heterocycles. The molecule has 0 bridgehead atoms. The van der Waals surface area contributed by atoms with E-state index >= 15 is 0 Å². The van der Waals surface area contributed by atoms with E-state index in [2.05, 4.69) is 13.8 Å². The zero-order valence-electron chi connectivity index (χ0n) is 17.2. The van der Waals surface area contributed by atoms with Gasteiger partial charge in [-0.15, -0.1) is 0 Å². The highest BCUT2D eigenvalue weighted by Gasteiger charge is 2.35. The van der Waals surface area contributed by atoms with E-state index in [-0.39, 0.29) is 18.2 Å². The number of nitro benzene ring substituents is 1. The summed E-state index contributed by atoms with van der Waals surface area (Å²) in [5.41, 5.74) is 3.24. The number of carbonyl (C=O) groups excluding carboxylic acids is 2. The fourth-order valence-electron chi connectivity index (χ4n) is 3.23. The summed E-state index contributed by atoms with van der Waals surface area (Å²) in [7, 11) is 1.62. The van der Waals surface area contributed by atoms with Gasteiger partial charge in [-0.25, -0.2) is 0 Å². The van der Waals surface area contributed by atoms with Gasteiger partial charge in [-0.2, -0.15) is 0 Å². The van der Waals surface area contributed by atoms with Crippen LogP contribution in [-0.4, -0.2) is 28.1 Å². The van der Waals surface area contributed by atoms with E-state index in [9.17, 15) is 19.7 Å². The number of benzene rings is 2. The first kappa shape index (κ1) is 21.6. The molecule has 0 unspecified atom stereocenters. The fraction of sp³-hybridized carbons (Fsp3) is 0.273. The van der Waals surface area contributed by atoms with Gasteiger partial charge in [-0.05, 0) is 65.1 Å². The van der Waals surface area contributed by atoms with Crippen molar-refractivity contribution in [3.05, 3.63) is 73.7 Å². The van der Waals surface area contributed by atoms with E-state index in [0.717, 1.165) is 39.1 Å². The molecular weight excluding hydrogens is 404 g/mol. The molecule has 1 aliphatic rings. The number of hydrogen-bond acceptors (Lipinski definition) is 6. The van der Waals surface area contributed by atoms with Crippen molar-refractivity contribution in [2.45, 2.75) is 33.2 Å². The second-order valence-electron chi connectivity index (χ2n) is 7.30. The van der Waals surface area contributed by atoms with Crippen molar-refractivity contribution in [2.24, 2.45) is 0 Å². The van der Waals surface area contributed by atoms with Crippen LogP contribution in [-0.2, 0) is 11.3 Å². The van der Waals surface area contributed by atoms with Gasteiger partial charge < -0.3 is 4.74 Å². The Hall–Kier alpha value is -3.13. The molecule has 30 heavy (non-hydrogen) atoms. The lowest BCUT2D eigenvalue weighted by atomic mass is 9.96. The number of hydrogen-bond donors (Lipinski definition) is 0. The molecule has 8 heteroatoms. The molecule has 2 aromatic rings. The maximum atomic E-state index is 12.9. The predicted molar refractivity (Wildman–Crippen MR) is 116 cm³/mol. The molecule has 0 saturated carbocycles. The van der Waals surface area contributed by atoms with E-state index in [1.165, 1.54) is 18.2 Å². The summed E-state index contributed by atoms with van der Waals surface area (Å²) in [4.78, 5) is 37.2. The topological polar surface area (TPSA) is 89.8 Å². The second-order valence-corrected chi connectivity index (χ2v) is 8.29. The van der Waals surface area contributed by atoms with Crippen LogP contribution in [0.5, 0.6) is 5.75 Å². The van der Waals surface area contributed by atoms with Gasteiger partial charge in [0.25, 0.3) is 16.8 Å². The Labute approximate surface area is 178 Å². The monoisotopic (exact) mass is 426 g/mol. The smallest absolute Gasteiger partial charge is 0.293 e. The summed E-state index contributed by atoms with van der Waals surface area (Å²) in [5, 5.41) is 10.6. The zero-order valence-corrected chi connectivity index (χ0v) is 18.0. The lowest BCUT2D eigenvalue weighted by Crippen LogP contribution is -2.27. The molecule has 2 amide bonds. The van der Waals surface area contributed by atoms with Gasteiger partial charge in [0.2, 0.25) is 0 Å². The molecule has 1 fully saturated rings. The average Bonchev–Trinajstić information content (AvgIpc) is 2.96. The summed E-state index contributed by atoms with van der Waals surface area (Å²) in [5.74, 6) is 0.618. The van der Waals surface area contributed by atoms with Crippen LogP contribution in [0.3, 0.4) is 0 Å². The first-order valence-corrected chi connectivity index (χ1v) is 10.2. The molecule has 0 atom stereocenters. The van der Waals surface area contributed by atoms with Crippen LogP contribution in [0.25, 0.3) is 6.08 Å². The number of amides is 2. The van der Waals surface area contributed by atoms with Crippen molar-refractivity contribution < 1.29 is 19.2 Å². The number of rotatable bonds is 6. The Bertz CT molecular complexity index is 1060. The van der Waals surface area contributed by atoms with E-state index in [1.54, 1.807) is 19.3 Å². The van der Waals surface area contributed by atoms with Gasteiger partial charge >= 0.3 is 0 Å². The van der Waals surface area contributed by atoms with Crippen molar-refractivity contribution in [3.8, 4) is 5.75 Å². The van der Waals surface area contributed by atoms with Crippen molar-refractivity contribution >= 4 is 34.7 Å². The lowest BCUT2D eigenvalue weighted by Gasteiger charge is -2.15. The first-order valence-electron chi connectivity index (χ1n) is 9.38. The Morgan fingerprint density at radius 3 is 2.60 bits per heavy atom. The van der Waals surface area contributed by atoms with E-state index in [4.69, 9.17) is 4.74 Å². The van der Waals surface area contributed by atoms with Crippen LogP contribution < -0.4 is 4.74 Å². The molecule has 0 N–H and O–H groups in total. The van der Waals surface area contributed by atoms with E-state index < -0.39 is 16.1 Å². The SMILES string of the molecule is COc1cc(C)c(/C=C2/SC(=O)N(Cc3cccc([N+](=O)[O-])c3)C2=O)cc1C(C)C. The van der Waals surface area contributed by atoms with Crippen molar-refractivity contribution in [1.82, 2.24) is 4.90 Å². The Morgan fingerprint density at radius 1 is 1.23 bits per heavy atom. The summed E-state index contributed by atoms with van der Waals surface area (Å²) in [6.07, 6.45) is 1.72. The number of imide groups is 1. The van der Waals surface area contributed by atoms with Gasteiger partial charge in [0.15, 0.2) is 0 Å². The summed E-state index contributed by atoms with van der Waals surface area (Å²) >= 11 is 0.873. The van der Waals surface area contributed by atoms with Gasteiger partial charge in [-0.3, -0.25) is 24.6 Å². The maximum Gasteiger partial charge on any atom is 0.293 e. The molecule has 0 radical (unpaired) electrons. The Morgan fingerprint density at radius 2 is 1.97 bits per heavy atom. The van der Waals surface area contributed by atoms with Crippen molar-refractivity contribution in [3.63, 3.8) is 0 Å². The summed E-state index contributed by atoms with van der Waals surface area (Å²) in [6, 6.07) is 9.84. The number of methoxy groups -OCH3 is 1. The average molecular weight is 426 g/mol. The highest BCUT2D eigenvalue weighted by Crippen LogP contribution is 2.36. The number of aryl methyl sites for hydroxylation is 1. The van der Waals surface area contributed by atoms with Crippen molar-refractivity contribution in [2.75, 3.05) is 7.11 Å². The molecular formula is C22H22N2O5S. The molecule has 0 aliphatic carbocycles. The molecule has 1 aliphatic heterocycles. The minimum absolute atomic E-state index is 0.0114. The normalized spacial score (nSPS) is 15.4. The minimum Gasteiger partial charge on any atom is -0.496 e. The summed E-state index contributed by atoms with van der Waals surface area (Å²) in [6.45, 7) is 6.03. The number of ether oxygens (including phenoxy) is 1. The molecule has 0 spiro atoms.